The van der Waals surface area contributed by atoms with Crippen LogP contribution in [0.25, 0.3) is 11.4 Å². The molecule has 2 saturated heterocycles. The molecule has 2 aromatic heterocycles. The van der Waals surface area contributed by atoms with E-state index in [0.29, 0.717) is 29.4 Å². The van der Waals surface area contributed by atoms with Gasteiger partial charge in [0.05, 0.1) is 11.6 Å². The topological polar surface area (TPSA) is 71.0 Å². The lowest BCUT2D eigenvalue weighted by molar-refractivity contribution is 0.0282. The maximum atomic E-state index is 14.1. The summed E-state index contributed by atoms with van der Waals surface area (Å²) in [5, 5.41) is 3.51. The normalized spacial score (nSPS) is 22.4. The molecule has 2 bridgehead atoms. The number of carbonyl (C=O) groups is 1. The number of fused-ring (bicyclic) bond motifs is 3. The lowest BCUT2D eigenvalue weighted by atomic mass is 9.76. The van der Waals surface area contributed by atoms with Crippen molar-refractivity contribution in [3.8, 4) is 11.4 Å². The Balaban J connectivity index is 1.44. The summed E-state index contributed by atoms with van der Waals surface area (Å²) < 4.78 is 15.1. The Kier molecular flexibility index (Phi) is 5.40. The molecule has 1 aromatic carbocycles. The number of pyridine rings is 1. The van der Waals surface area contributed by atoms with Gasteiger partial charge in [-0.15, -0.1) is 0 Å². The minimum absolute atomic E-state index is 0.0238. The summed E-state index contributed by atoms with van der Waals surface area (Å²) in [6.07, 6.45) is 7.99. The predicted molar refractivity (Wildman–Crippen MR) is 119 cm³/mol. The number of piperidine rings is 2. The number of rotatable bonds is 4. The van der Waals surface area contributed by atoms with Crippen molar-refractivity contribution in [3.05, 3.63) is 70.8 Å². The predicted octanol–water partition coefficient (Wildman–Crippen LogP) is 4.55. The van der Waals surface area contributed by atoms with E-state index in [1.165, 1.54) is 12.1 Å². The van der Waals surface area contributed by atoms with Gasteiger partial charge in [-0.25, -0.2) is 19.3 Å². The molecule has 2 aliphatic heterocycles. The lowest BCUT2D eigenvalue weighted by Gasteiger charge is -2.50. The Morgan fingerprint density at radius 1 is 1.13 bits per heavy atom. The number of nitrogens with zero attached hydrogens (tertiary/aromatic N) is 4. The summed E-state index contributed by atoms with van der Waals surface area (Å²) in [4.78, 5) is 28.5. The third-order valence-electron chi connectivity index (χ3n) is 6.12. The van der Waals surface area contributed by atoms with Crippen LogP contribution in [-0.2, 0) is 0 Å². The zero-order valence-electron chi connectivity index (χ0n) is 16.7. The molecule has 0 spiro atoms. The lowest BCUT2D eigenvalue weighted by Crippen LogP contribution is -2.59. The quantitative estimate of drug-likeness (QED) is 0.591. The van der Waals surface area contributed by atoms with Crippen molar-refractivity contribution < 1.29 is 9.18 Å². The fourth-order valence-corrected chi connectivity index (χ4v) is 4.95. The van der Waals surface area contributed by atoms with Gasteiger partial charge < -0.3 is 10.2 Å². The van der Waals surface area contributed by atoms with Crippen molar-refractivity contribution in [2.45, 2.75) is 31.3 Å². The van der Waals surface area contributed by atoms with E-state index in [2.05, 4.69) is 36.2 Å². The molecule has 0 radical (unpaired) electrons. The number of benzene rings is 1. The summed E-state index contributed by atoms with van der Waals surface area (Å²) in [6.45, 7) is 0.682. The Bertz CT molecular complexity index is 1090. The molecule has 1 N–H and O–H groups in total. The molecule has 6 nitrogen and oxygen atoms in total. The first-order valence-electron chi connectivity index (χ1n) is 10.3. The molecule has 1 saturated carbocycles. The van der Waals surface area contributed by atoms with E-state index in [1.807, 2.05) is 17.0 Å². The second-order valence-corrected chi connectivity index (χ2v) is 8.99. The minimum atomic E-state index is -0.445. The minimum Gasteiger partial charge on any atom is -0.365 e. The van der Waals surface area contributed by atoms with Crippen molar-refractivity contribution in [3.63, 3.8) is 0 Å². The van der Waals surface area contributed by atoms with E-state index in [0.717, 1.165) is 29.6 Å². The molecule has 6 rings (SSSR count). The number of hydrogen-bond donors (Lipinski definition) is 1. The molecular weight excluding hydrogens is 461 g/mol. The van der Waals surface area contributed by atoms with Gasteiger partial charge in [-0.3, -0.25) is 4.79 Å². The van der Waals surface area contributed by atoms with Gasteiger partial charge in [0, 0.05) is 41.2 Å². The summed E-state index contributed by atoms with van der Waals surface area (Å²) in [7, 11) is 0. The van der Waals surface area contributed by atoms with Gasteiger partial charge in [-0.2, -0.15) is 0 Å². The van der Waals surface area contributed by atoms with Crippen LogP contribution in [0.2, 0.25) is 0 Å². The Morgan fingerprint density at radius 3 is 2.71 bits per heavy atom. The first-order chi connectivity index (χ1) is 15.1. The molecular formula is C23H21BrFN5O. The number of amides is 1. The molecule has 1 amide bonds. The fraction of sp³-hybridized carbons (Fsp3) is 0.304. The van der Waals surface area contributed by atoms with E-state index in [9.17, 15) is 9.18 Å². The standard InChI is InChI=1S/C23H21BrFN5O/c24-15-3-7-21(28-12-15)29-19-10-14-2-6-20(19)30(13-14)23(31)18-11-16(25)4-5-17(18)22-26-8-1-9-27-22/h1,3-5,7-9,11-12,14,19-20H,2,6,10,13H2,(H,28,29)/t14-,19-,20+/m1/s1. The highest BCUT2D eigenvalue weighted by Crippen LogP contribution is 2.38. The number of hydrogen-bond acceptors (Lipinski definition) is 5. The first kappa shape index (κ1) is 20.1. The van der Waals surface area contributed by atoms with Crippen LogP contribution in [0.5, 0.6) is 0 Å². The van der Waals surface area contributed by atoms with Crippen LogP contribution >= 0.6 is 15.9 Å². The van der Waals surface area contributed by atoms with Crippen molar-refractivity contribution in [1.29, 1.82) is 0 Å². The zero-order valence-corrected chi connectivity index (χ0v) is 18.3. The van der Waals surface area contributed by atoms with Gasteiger partial charge in [0.1, 0.15) is 11.6 Å². The highest BCUT2D eigenvalue weighted by molar-refractivity contribution is 9.10. The molecule has 1 aliphatic carbocycles. The molecule has 3 atom stereocenters. The third-order valence-corrected chi connectivity index (χ3v) is 6.59. The zero-order chi connectivity index (χ0) is 21.4. The van der Waals surface area contributed by atoms with Crippen LogP contribution in [-0.4, -0.2) is 44.4 Å². The summed E-state index contributed by atoms with van der Waals surface area (Å²) in [5.41, 5.74) is 0.854. The van der Waals surface area contributed by atoms with E-state index in [-0.39, 0.29) is 18.0 Å². The Hall–Kier alpha value is -2.87. The second kappa shape index (κ2) is 8.34. The SMILES string of the molecule is O=C(c1cc(F)ccc1-c1ncccn1)N1C[C@@H]2CC[C@H]1[C@H](Nc1ccc(Br)cn1)C2. The van der Waals surface area contributed by atoms with E-state index in [1.54, 1.807) is 30.7 Å². The smallest absolute Gasteiger partial charge is 0.255 e. The molecule has 0 unspecified atom stereocenters. The maximum absolute atomic E-state index is 14.1. The highest BCUT2D eigenvalue weighted by Gasteiger charge is 2.43. The van der Waals surface area contributed by atoms with E-state index < -0.39 is 5.82 Å². The molecule has 158 valence electrons. The highest BCUT2D eigenvalue weighted by atomic mass is 79.9. The van der Waals surface area contributed by atoms with Gasteiger partial charge in [0.2, 0.25) is 0 Å². The van der Waals surface area contributed by atoms with Crippen LogP contribution in [0.15, 0.2) is 59.5 Å². The van der Waals surface area contributed by atoms with Gasteiger partial charge >= 0.3 is 0 Å². The van der Waals surface area contributed by atoms with Crippen molar-refractivity contribution >= 4 is 27.7 Å². The average Bonchev–Trinajstić information content (AvgIpc) is 2.81. The maximum Gasteiger partial charge on any atom is 0.255 e. The van der Waals surface area contributed by atoms with E-state index in [4.69, 9.17) is 0 Å². The number of carbonyl (C=O) groups excluding carboxylic acids is 1. The van der Waals surface area contributed by atoms with Crippen LogP contribution in [0, 0.1) is 11.7 Å². The van der Waals surface area contributed by atoms with Crippen LogP contribution < -0.4 is 5.32 Å². The molecule has 31 heavy (non-hydrogen) atoms. The largest absolute Gasteiger partial charge is 0.365 e. The molecule has 3 aliphatic rings. The van der Waals surface area contributed by atoms with Gasteiger partial charge in [-0.1, -0.05) is 0 Å². The van der Waals surface area contributed by atoms with Crippen molar-refractivity contribution in [2.75, 3.05) is 11.9 Å². The Labute approximate surface area is 188 Å². The van der Waals surface area contributed by atoms with Crippen LogP contribution in [0.1, 0.15) is 29.6 Å². The first-order valence-corrected chi connectivity index (χ1v) is 11.1. The number of anilines is 1. The van der Waals surface area contributed by atoms with Crippen LogP contribution in [0.3, 0.4) is 0 Å². The average molecular weight is 482 g/mol. The molecule has 3 fully saturated rings. The summed E-state index contributed by atoms with van der Waals surface area (Å²) in [5.74, 6) is 0.997. The van der Waals surface area contributed by atoms with Crippen molar-refractivity contribution in [1.82, 2.24) is 19.9 Å². The molecule has 4 heterocycles. The van der Waals surface area contributed by atoms with Crippen molar-refractivity contribution in [2.24, 2.45) is 5.92 Å². The number of nitrogens with one attached hydrogen (secondary N) is 1. The summed E-state index contributed by atoms with van der Waals surface area (Å²) >= 11 is 3.41. The van der Waals surface area contributed by atoms with Gasteiger partial charge in [-0.05, 0) is 77.5 Å². The van der Waals surface area contributed by atoms with Crippen LogP contribution in [0.4, 0.5) is 10.2 Å². The Morgan fingerprint density at radius 2 is 1.97 bits per heavy atom. The van der Waals surface area contributed by atoms with Gasteiger partial charge in [0.25, 0.3) is 5.91 Å². The monoisotopic (exact) mass is 481 g/mol. The number of aromatic nitrogens is 3. The van der Waals surface area contributed by atoms with Gasteiger partial charge in [0.15, 0.2) is 5.82 Å². The second-order valence-electron chi connectivity index (χ2n) is 8.08. The third kappa shape index (κ3) is 4.04. The van der Waals surface area contributed by atoms with E-state index >= 15 is 0 Å². The fourth-order valence-electron chi connectivity index (χ4n) is 4.72. The molecule has 3 aromatic rings. The number of halogens is 2. The summed E-state index contributed by atoms with van der Waals surface area (Å²) in [6, 6.07) is 9.94. The molecule has 8 heteroatoms.